The zero-order chi connectivity index (χ0) is 13.4. The largest absolute Gasteiger partial charge is 0.511 e. The first-order valence-corrected chi connectivity index (χ1v) is 4.41. The number of alkyl halides is 3. The lowest BCUT2D eigenvalue weighted by molar-refractivity contribution is -0.164. The molecule has 0 fully saturated rings. The Kier molecular flexibility index (Phi) is 3.35. The SMILES string of the molecule is C[C@H](n1nc(B(O)O)c(C#N)c1N)C(F)(F)F. The Morgan fingerprint density at radius 3 is 2.35 bits per heavy atom. The van der Waals surface area contributed by atoms with E-state index < -0.39 is 36.3 Å². The Morgan fingerprint density at radius 2 is 2.06 bits per heavy atom. The molecule has 6 nitrogen and oxygen atoms in total. The maximum Gasteiger partial charge on any atom is 0.511 e. The molecule has 1 rings (SSSR count). The number of aromatic nitrogens is 2. The number of nitriles is 1. The van der Waals surface area contributed by atoms with Crippen LogP contribution in [0.2, 0.25) is 0 Å². The second-order valence-corrected chi connectivity index (χ2v) is 3.29. The summed E-state index contributed by atoms with van der Waals surface area (Å²) in [5.41, 5.74) is 4.23. The molecule has 1 aromatic heterocycles. The van der Waals surface area contributed by atoms with Crippen molar-refractivity contribution in [3.8, 4) is 6.07 Å². The van der Waals surface area contributed by atoms with E-state index in [1.54, 1.807) is 0 Å². The summed E-state index contributed by atoms with van der Waals surface area (Å²) in [6.07, 6.45) is -4.61. The second-order valence-electron chi connectivity index (χ2n) is 3.29. The van der Waals surface area contributed by atoms with Gasteiger partial charge < -0.3 is 15.8 Å². The van der Waals surface area contributed by atoms with E-state index in [4.69, 9.17) is 21.0 Å². The minimum atomic E-state index is -4.61. The monoisotopic (exact) mass is 248 g/mol. The first-order chi connectivity index (χ1) is 7.70. The van der Waals surface area contributed by atoms with Crippen molar-refractivity contribution in [2.24, 2.45) is 0 Å². The highest BCUT2D eigenvalue weighted by atomic mass is 19.4. The number of nitrogen functional groups attached to an aromatic ring is 1. The molecule has 0 radical (unpaired) electrons. The molecular weight excluding hydrogens is 240 g/mol. The minimum Gasteiger partial charge on any atom is -0.422 e. The molecule has 0 aliphatic heterocycles. The first kappa shape index (κ1) is 13.3. The van der Waals surface area contributed by atoms with E-state index >= 15 is 0 Å². The number of nitrogens with two attached hydrogens (primary N) is 1. The minimum absolute atomic E-state index is 0.341. The van der Waals surface area contributed by atoms with Crippen LogP contribution in [0.1, 0.15) is 18.5 Å². The lowest BCUT2D eigenvalue weighted by Gasteiger charge is -2.17. The highest BCUT2D eigenvalue weighted by Gasteiger charge is 2.40. The van der Waals surface area contributed by atoms with E-state index in [9.17, 15) is 13.2 Å². The van der Waals surface area contributed by atoms with Gasteiger partial charge in [-0.1, -0.05) is 0 Å². The Morgan fingerprint density at radius 1 is 1.53 bits per heavy atom. The fourth-order valence-corrected chi connectivity index (χ4v) is 1.19. The van der Waals surface area contributed by atoms with Gasteiger partial charge in [0.2, 0.25) is 0 Å². The normalized spacial score (nSPS) is 13.2. The molecule has 0 saturated heterocycles. The van der Waals surface area contributed by atoms with Crippen LogP contribution in [0.15, 0.2) is 0 Å². The van der Waals surface area contributed by atoms with Gasteiger partial charge in [-0.05, 0) is 6.92 Å². The van der Waals surface area contributed by atoms with Crippen LogP contribution < -0.4 is 11.3 Å². The molecule has 1 heterocycles. The summed E-state index contributed by atoms with van der Waals surface area (Å²) in [6.45, 7) is 0.790. The molecule has 0 amide bonds. The van der Waals surface area contributed by atoms with Gasteiger partial charge in [0.05, 0.1) is 0 Å². The van der Waals surface area contributed by atoms with E-state index in [2.05, 4.69) is 5.10 Å². The smallest absolute Gasteiger partial charge is 0.422 e. The molecule has 92 valence electrons. The maximum atomic E-state index is 12.4. The van der Waals surface area contributed by atoms with Crippen molar-refractivity contribution in [2.75, 3.05) is 5.73 Å². The topological polar surface area (TPSA) is 108 Å². The molecule has 4 N–H and O–H groups in total. The highest BCUT2D eigenvalue weighted by Crippen LogP contribution is 2.31. The quantitative estimate of drug-likeness (QED) is 0.590. The van der Waals surface area contributed by atoms with Crippen molar-refractivity contribution in [1.82, 2.24) is 9.78 Å². The molecular formula is C7H8BF3N4O2. The van der Waals surface area contributed by atoms with Gasteiger partial charge >= 0.3 is 13.3 Å². The molecule has 17 heavy (non-hydrogen) atoms. The number of nitrogens with zero attached hydrogens (tertiary/aromatic N) is 3. The standard InChI is InChI=1S/C7H8BF3N4O2/c1-3(7(9,10)11)15-6(13)4(2-12)5(14-15)8(16)17/h3,16-17H,13H2,1H3/t3-/m0/s1. The van der Waals surface area contributed by atoms with Gasteiger partial charge in [-0.15, -0.1) is 0 Å². The van der Waals surface area contributed by atoms with Crippen LogP contribution in [0.3, 0.4) is 0 Å². The maximum absolute atomic E-state index is 12.4. The van der Waals surface area contributed by atoms with E-state index in [0.717, 1.165) is 6.92 Å². The van der Waals surface area contributed by atoms with Crippen LogP contribution in [0.4, 0.5) is 19.0 Å². The van der Waals surface area contributed by atoms with Crippen LogP contribution in [0, 0.1) is 11.3 Å². The summed E-state index contributed by atoms with van der Waals surface area (Å²) in [6, 6.07) is -0.591. The van der Waals surface area contributed by atoms with Gasteiger partial charge in [-0.3, -0.25) is 0 Å². The zero-order valence-corrected chi connectivity index (χ0v) is 8.60. The molecule has 0 bridgehead atoms. The van der Waals surface area contributed by atoms with Crippen molar-refractivity contribution in [1.29, 1.82) is 5.26 Å². The first-order valence-electron chi connectivity index (χ1n) is 4.41. The third-order valence-corrected chi connectivity index (χ3v) is 2.17. The van der Waals surface area contributed by atoms with E-state index in [0.29, 0.717) is 4.68 Å². The summed E-state index contributed by atoms with van der Waals surface area (Å²) in [4.78, 5) is 0. The van der Waals surface area contributed by atoms with E-state index in [1.165, 1.54) is 6.07 Å². The van der Waals surface area contributed by atoms with Crippen LogP contribution in [0.5, 0.6) is 0 Å². The zero-order valence-electron chi connectivity index (χ0n) is 8.60. The van der Waals surface area contributed by atoms with E-state index in [-0.39, 0.29) is 0 Å². The Hall–Kier alpha value is -1.73. The van der Waals surface area contributed by atoms with Crippen molar-refractivity contribution in [2.45, 2.75) is 19.1 Å². The van der Waals surface area contributed by atoms with Crippen LogP contribution >= 0.6 is 0 Å². The number of anilines is 1. The predicted molar refractivity (Wildman–Crippen MR) is 51.9 cm³/mol. The molecule has 0 saturated carbocycles. The van der Waals surface area contributed by atoms with Gasteiger partial charge in [0.1, 0.15) is 29.1 Å². The average molecular weight is 248 g/mol. The van der Waals surface area contributed by atoms with Gasteiger partial charge in [-0.2, -0.15) is 23.5 Å². The molecule has 1 atom stereocenters. The third-order valence-electron chi connectivity index (χ3n) is 2.17. The number of hydrogen-bond acceptors (Lipinski definition) is 5. The molecule has 10 heteroatoms. The highest BCUT2D eigenvalue weighted by molar-refractivity contribution is 6.58. The Bertz CT molecular complexity index is 465. The summed E-state index contributed by atoms with van der Waals surface area (Å²) in [5, 5.41) is 29.7. The van der Waals surface area contributed by atoms with Crippen LogP contribution in [0.25, 0.3) is 0 Å². The molecule has 0 aromatic carbocycles. The average Bonchev–Trinajstić information content (AvgIpc) is 2.52. The number of halogens is 3. The summed E-state index contributed by atoms with van der Waals surface area (Å²) in [7, 11) is -2.16. The van der Waals surface area contributed by atoms with Gasteiger partial charge in [-0.25, -0.2) is 4.68 Å². The van der Waals surface area contributed by atoms with Crippen molar-refractivity contribution >= 4 is 18.5 Å². The molecule has 0 spiro atoms. The molecule has 1 aromatic rings. The molecule has 0 aliphatic rings. The predicted octanol–water partition coefficient (Wildman–Crippen LogP) is -0.860. The lowest BCUT2D eigenvalue weighted by atomic mass is 9.83. The fraction of sp³-hybridized carbons (Fsp3) is 0.429. The summed E-state index contributed by atoms with van der Waals surface area (Å²) in [5.74, 6) is -0.555. The van der Waals surface area contributed by atoms with Gasteiger partial charge in [0.25, 0.3) is 0 Å². The Labute approximate surface area is 94.2 Å². The van der Waals surface area contributed by atoms with Gasteiger partial charge in [0, 0.05) is 0 Å². The Balaban J connectivity index is 3.34. The molecule has 0 aliphatic carbocycles. The fourth-order valence-electron chi connectivity index (χ4n) is 1.19. The second kappa shape index (κ2) is 4.27. The summed E-state index contributed by atoms with van der Waals surface area (Å²) < 4.78 is 37.7. The van der Waals surface area contributed by atoms with Crippen molar-refractivity contribution in [3.63, 3.8) is 0 Å². The van der Waals surface area contributed by atoms with Crippen LogP contribution in [-0.2, 0) is 0 Å². The van der Waals surface area contributed by atoms with E-state index in [1.807, 2.05) is 0 Å². The van der Waals surface area contributed by atoms with Crippen LogP contribution in [-0.4, -0.2) is 33.1 Å². The lowest BCUT2D eigenvalue weighted by Crippen LogP contribution is -2.34. The molecule has 0 unspecified atom stereocenters. The van der Waals surface area contributed by atoms with Crippen molar-refractivity contribution in [3.05, 3.63) is 5.56 Å². The van der Waals surface area contributed by atoms with Gasteiger partial charge in [0.15, 0.2) is 0 Å². The number of hydrogen-bond donors (Lipinski definition) is 3. The number of rotatable bonds is 2. The van der Waals surface area contributed by atoms with Crippen molar-refractivity contribution < 1.29 is 23.2 Å². The summed E-state index contributed by atoms with van der Waals surface area (Å²) >= 11 is 0. The third kappa shape index (κ3) is 2.35.